The summed E-state index contributed by atoms with van der Waals surface area (Å²) >= 11 is 0. The molecule has 0 radical (unpaired) electrons. The Labute approximate surface area is 227 Å². The topological polar surface area (TPSA) is 113 Å². The van der Waals surface area contributed by atoms with Gasteiger partial charge in [0, 0.05) is 11.7 Å². The number of anilines is 1. The molecule has 214 valence electrons. The molecule has 3 N–H and O–H groups in total. The number of benzene rings is 2. The molecule has 2 aliphatic rings. The minimum absolute atomic E-state index is 0.128. The fraction of sp³-hybridized carbons (Fsp3) is 0.500. The largest absolute Gasteiger partial charge is 0.490 e. The number of carboxylic acids is 1. The maximum absolute atomic E-state index is 13.1. The Kier molecular flexibility index (Phi) is 9.35. The van der Waals surface area contributed by atoms with Crippen LogP contribution in [0.4, 0.5) is 18.9 Å². The van der Waals surface area contributed by atoms with Crippen molar-refractivity contribution in [3.8, 4) is 0 Å². The number of carbonyl (C=O) groups is 2. The molecule has 4 rings (SSSR count). The first kappa shape index (κ1) is 30.5. The predicted octanol–water partition coefficient (Wildman–Crippen LogP) is 5.92. The Morgan fingerprint density at radius 3 is 1.90 bits per heavy atom. The molecule has 1 amide bonds. The zero-order chi connectivity index (χ0) is 29.0. The van der Waals surface area contributed by atoms with Crippen molar-refractivity contribution in [1.82, 2.24) is 5.32 Å². The highest BCUT2D eigenvalue weighted by Crippen LogP contribution is 2.49. The van der Waals surface area contributed by atoms with Crippen LogP contribution in [0.2, 0.25) is 0 Å². The molecule has 0 saturated heterocycles. The Balaban J connectivity index is 0.000000532. The molecule has 2 aliphatic carbocycles. The quantitative estimate of drug-likeness (QED) is 0.375. The maximum atomic E-state index is 13.1. The molecule has 7 nitrogen and oxygen atoms in total. The Morgan fingerprint density at radius 1 is 0.897 bits per heavy atom. The zero-order valence-corrected chi connectivity index (χ0v) is 23.1. The van der Waals surface area contributed by atoms with E-state index in [0.29, 0.717) is 10.6 Å². The number of carboxylic acid groups (broad SMARTS) is 1. The summed E-state index contributed by atoms with van der Waals surface area (Å²) in [5.74, 6) is -2.63. The molecule has 0 aliphatic heterocycles. The molecule has 0 bridgehead atoms. The highest BCUT2D eigenvalue weighted by molar-refractivity contribution is 7.92. The van der Waals surface area contributed by atoms with Crippen LogP contribution in [-0.2, 0) is 25.0 Å². The van der Waals surface area contributed by atoms with Gasteiger partial charge in [0.1, 0.15) is 0 Å². The average molecular weight is 569 g/mol. The molecular weight excluding hydrogens is 533 g/mol. The van der Waals surface area contributed by atoms with E-state index in [1.54, 1.807) is 18.2 Å². The second-order valence-corrected chi connectivity index (χ2v) is 12.1. The van der Waals surface area contributed by atoms with Gasteiger partial charge in [0.25, 0.3) is 10.0 Å². The molecule has 0 spiro atoms. The molecule has 2 fully saturated rings. The first-order valence-corrected chi connectivity index (χ1v) is 14.5. The monoisotopic (exact) mass is 568 g/mol. The van der Waals surface area contributed by atoms with E-state index >= 15 is 0 Å². The molecule has 2 aromatic rings. The standard InChI is InChI=1S/C26H34N2O3S.C2HF3O2/c1-18-16-20(3)24(17-19(18)2)32(30,31)28-23-12-10-21(11-13-23)26(14-15-26)25(29)27-22-8-6-4-5-7-9-22;3-2(4,5)1(6)7/h10-13,16-17,22,28H,4-9,14-15H2,1-3H3,(H,27,29);(H,6,7). The van der Waals surface area contributed by atoms with Gasteiger partial charge in [-0.05, 0) is 86.9 Å². The number of nitrogens with one attached hydrogen (secondary N) is 2. The van der Waals surface area contributed by atoms with E-state index in [9.17, 15) is 26.4 Å². The SMILES string of the molecule is Cc1cc(C)c(S(=O)(=O)Nc2ccc(C3(C(=O)NC4CCCCCC4)CC3)cc2)cc1C.O=C(O)C(F)(F)F. The van der Waals surface area contributed by atoms with Gasteiger partial charge in [-0.1, -0.05) is 43.9 Å². The van der Waals surface area contributed by atoms with Crippen molar-refractivity contribution in [2.75, 3.05) is 4.72 Å². The minimum atomic E-state index is -5.08. The number of alkyl halides is 3. The lowest BCUT2D eigenvalue weighted by Gasteiger charge is -2.22. The normalized spacial score (nSPS) is 17.3. The number of aliphatic carboxylic acids is 1. The number of sulfonamides is 1. The van der Waals surface area contributed by atoms with Crippen molar-refractivity contribution >= 4 is 27.6 Å². The van der Waals surface area contributed by atoms with Gasteiger partial charge >= 0.3 is 12.1 Å². The summed E-state index contributed by atoms with van der Waals surface area (Å²) in [5, 5.41) is 10.4. The molecule has 2 saturated carbocycles. The Hall–Kier alpha value is -3.08. The lowest BCUT2D eigenvalue weighted by atomic mass is 9.94. The van der Waals surface area contributed by atoms with Gasteiger partial charge in [0.05, 0.1) is 10.3 Å². The van der Waals surface area contributed by atoms with Crippen LogP contribution in [0.5, 0.6) is 0 Å². The second kappa shape index (κ2) is 12.0. The number of hydrogen-bond donors (Lipinski definition) is 3. The number of carbonyl (C=O) groups excluding carboxylic acids is 1. The Bertz CT molecular complexity index is 1300. The fourth-order valence-electron chi connectivity index (χ4n) is 4.81. The van der Waals surface area contributed by atoms with Crippen LogP contribution in [-0.4, -0.2) is 37.6 Å². The van der Waals surface area contributed by atoms with E-state index in [2.05, 4.69) is 10.0 Å². The summed E-state index contributed by atoms with van der Waals surface area (Å²) in [5.41, 5.74) is 3.77. The molecule has 0 atom stereocenters. The molecule has 0 heterocycles. The van der Waals surface area contributed by atoms with Crippen LogP contribution in [0.15, 0.2) is 41.3 Å². The number of hydrogen-bond acceptors (Lipinski definition) is 4. The van der Waals surface area contributed by atoms with Crippen molar-refractivity contribution < 1.29 is 36.3 Å². The summed E-state index contributed by atoms with van der Waals surface area (Å²) in [6.45, 7) is 5.70. The number of rotatable bonds is 6. The maximum Gasteiger partial charge on any atom is 0.490 e. The van der Waals surface area contributed by atoms with E-state index < -0.39 is 27.6 Å². The van der Waals surface area contributed by atoms with Crippen molar-refractivity contribution in [2.45, 2.75) is 94.7 Å². The average Bonchev–Trinajstić information content (AvgIpc) is 3.67. The van der Waals surface area contributed by atoms with E-state index in [1.165, 1.54) is 25.7 Å². The summed E-state index contributed by atoms with van der Waals surface area (Å²) in [6.07, 6.45) is 3.64. The van der Waals surface area contributed by atoms with E-state index in [4.69, 9.17) is 9.90 Å². The van der Waals surface area contributed by atoms with E-state index in [-0.39, 0.29) is 11.9 Å². The highest BCUT2D eigenvalue weighted by atomic mass is 32.2. The smallest absolute Gasteiger partial charge is 0.475 e. The molecule has 0 unspecified atom stereocenters. The van der Waals surface area contributed by atoms with Crippen LogP contribution < -0.4 is 10.0 Å². The second-order valence-electron chi connectivity index (χ2n) is 10.4. The summed E-state index contributed by atoms with van der Waals surface area (Å²) < 4.78 is 60.4. The van der Waals surface area contributed by atoms with Gasteiger partial charge in [0.2, 0.25) is 5.91 Å². The van der Waals surface area contributed by atoms with Gasteiger partial charge in [-0.25, -0.2) is 13.2 Å². The lowest BCUT2D eigenvalue weighted by Crippen LogP contribution is -2.41. The van der Waals surface area contributed by atoms with Crippen molar-refractivity contribution in [2.24, 2.45) is 0 Å². The molecule has 39 heavy (non-hydrogen) atoms. The summed E-state index contributed by atoms with van der Waals surface area (Å²) in [4.78, 5) is 22.3. The van der Waals surface area contributed by atoms with Crippen LogP contribution in [0.1, 0.15) is 73.6 Å². The van der Waals surface area contributed by atoms with Crippen LogP contribution in [0.3, 0.4) is 0 Å². The van der Waals surface area contributed by atoms with E-state index in [0.717, 1.165) is 47.9 Å². The number of amides is 1. The first-order chi connectivity index (χ1) is 18.2. The summed E-state index contributed by atoms with van der Waals surface area (Å²) in [7, 11) is -3.68. The van der Waals surface area contributed by atoms with Gasteiger partial charge in [-0.3, -0.25) is 9.52 Å². The first-order valence-electron chi connectivity index (χ1n) is 13.0. The van der Waals surface area contributed by atoms with Gasteiger partial charge < -0.3 is 10.4 Å². The van der Waals surface area contributed by atoms with Crippen molar-refractivity contribution in [1.29, 1.82) is 0 Å². The van der Waals surface area contributed by atoms with Crippen molar-refractivity contribution in [3.63, 3.8) is 0 Å². The van der Waals surface area contributed by atoms with Gasteiger partial charge in [0.15, 0.2) is 0 Å². The zero-order valence-electron chi connectivity index (χ0n) is 22.3. The summed E-state index contributed by atoms with van der Waals surface area (Å²) in [6, 6.07) is 11.2. The van der Waals surface area contributed by atoms with Crippen LogP contribution in [0.25, 0.3) is 0 Å². The minimum Gasteiger partial charge on any atom is -0.475 e. The van der Waals surface area contributed by atoms with Crippen LogP contribution in [0, 0.1) is 20.8 Å². The molecular formula is C28H35F3N2O5S. The third kappa shape index (κ3) is 7.74. The third-order valence-electron chi connectivity index (χ3n) is 7.39. The molecule has 11 heteroatoms. The number of aryl methyl sites for hydroxylation is 3. The van der Waals surface area contributed by atoms with Crippen molar-refractivity contribution in [3.05, 3.63) is 58.7 Å². The molecule has 0 aromatic heterocycles. The Morgan fingerprint density at radius 2 is 1.41 bits per heavy atom. The van der Waals surface area contributed by atoms with E-state index in [1.807, 2.05) is 39.0 Å². The van der Waals surface area contributed by atoms with Gasteiger partial charge in [-0.15, -0.1) is 0 Å². The van der Waals surface area contributed by atoms with Gasteiger partial charge in [-0.2, -0.15) is 13.2 Å². The third-order valence-corrected chi connectivity index (χ3v) is 8.91. The number of halogens is 3. The lowest BCUT2D eigenvalue weighted by molar-refractivity contribution is -0.192. The highest BCUT2D eigenvalue weighted by Gasteiger charge is 2.51. The predicted molar refractivity (Wildman–Crippen MR) is 142 cm³/mol. The van der Waals surface area contributed by atoms with Crippen LogP contribution >= 0.6 is 0 Å². The molecule has 2 aromatic carbocycles. The fourth-order valence-corrected chi connectivity index (χ4v) is 6.18.